The molecule has 2 aromatic heterocycles. The van der Waals surface area contributed by atoms with Crippen LogP contribution in [0, 0.1) is 20.8 Å². The first-order valence-corrected chi connectivity index (χ1v) is 10.3. The van der Waals surface area contributed by atoms with Crippen molar-refractivity contribution in [1.82, 2.24) is 0 Å². The fraction of sp³-hybridized carbons (Fsp3) is 0.136. The molecule has 0 amide bonds. The fourth-order valence-electron chi connectivity index (χ4n) is 3.04. The van der Waals surface area contributed by atoms with Gasteiger partial charge in [0, 0.05) is 10.9 Å². The number of aryl methyl sites for hydroxylation is 1. The van der Waals surface area contributed by atoms with E-state index in [4.69, 9.17) is 13.0 Å². The first-order chi connectivity index (χ1) is 13.8. The average molecular weight is 410 g/mol. The van der Waals surface area contributed by atoms with E-state index in [0.29, 0.717) is 16.9 Å². The molecule has 0 spiro atoms. The maximum absolute atomic E-state index is 12.7. The van der Waals surface area contributed by atoms with Crippen LogP contribution < -0.4 is 9.81 Å². The average Bonchev–Trinajstić information content (AvgIpc) is 3.12. The summed E-state index contributed by atoms with van der Waals surface area (Å²) in [6, 6.07) is 15.3. The molecule has 0 N–H and O–H groups in total. The first kappa shape index (κ1) is 19.0. The molecule has 148 valence electrons. The van der Waals surface area contributed by atoms with Gasteiger partial charge in [0.05, 0.1) is 5.56 Å². The van der Waals surface area contributed by atoms with Crippen LogP contribution in [0.2, 0.25) is 0 Å². The zero-order chi connectivity index (χ0) is 20.8. The van der Waals surface area contributed by atoms with E-state index >= 15 is 0 Å². The summed E-state index contributed by atoms with van der Waals surface area (Å²) in [4.78, 5) is 12.4. The van der Waals surface area contributed by atoms with Gasteiger partial charge in [0.2, 0.25) is 0 Å². The van der Waals surface area contributed by atoms with Crippen LogP contribution in [0.15, 0.2) is 73.1 Å². The number of benzene rings is 2. The van der Waals surface area contributed by atoms with Crippen LogP contribution in [0.1, 0.15) is 16.7 Å². The Kier molecular flexibility index (Phi) is 4.55. The quantitative estimate of drug-likeness (QED) is 0.452. The molecule has 2 heterocycles. The van der Waals surface area contributed by atoms with Crippen molar-refractivity contribution in [2.24, 2.45) is 0 Å². The minimum atomic E-state index is -4.13. The molecule has 0 aliphatic rings. The number of furan rings is 1. The SMILES string of the molecule is Cc1ccc(S(=O)(=O)Oc2c(C)c(-c3cc4ccccc4o3)oc(=O)c2C)cc1. The molecule has 29 heavy (non-hydrogen) atoms. The molecule has 4 aromatic rings. The summed E-state index contributed by atoms with van der Waals surface area (Å²) in [7, 11) is -4.13. The van der Waals surface area contributed by atoms with E-state index in [2.05, 4.69) is 0 Å². The molecule has 0 saturated carbocycles. The van der Waals surface area contributed by atoms with Crippen molar-refractivity contribution in [3.05, 3.63) is 81.7 Å². The lowest BCUT2D eigenvalue weighted by Crippen LogP contribution is -2.15. The topological polar surface area (TPSA) is 86.7 Å². The van der Waals surface area contributed by atoms with Gasteiger partial charge < -0.3 is 13.0 Å². The Morgan fingerprint density at radius 3 is 2.24 bits per heavy atom. The number of fused-ring (bicyclic) bond motifs is 1. The van der Waals surface area contributed by atoms with Crippen LogP contribution in [-0.2, 0) is 10.1 Å². The fourth-order valence-corrected chi connectivity index (χ4v) is 4.07. The molecule has 0 unspecified atom stereocenters. The number of hydrogen-bond donors (Lipinski definition) is 0. The summed E-state index contributed by atoms with van der Waals surface area (Å²) in [6.07, 6.45) is 0. The van der Waals surface area contributed by atoms with Gasteiger partial charge in [0.1, 0.15) is 10.5 Å². The second-order valence-electron chi connectivity index (χ2n) is 6.80. The molecule has 0 aliphatic heterocycles. The first-order valence-electron chi connectivity index (χ1n) is 8.90. The minimum Gasteiger partial charge on any atom is -0.453 e. The third-order valence-electron chi connectivity index (χ3n) is 4.67. The molecule has 0 atom stereocenters. The summed E-state index contributed by atoms with van der Waals surface area (Å²) < 4.78 is 42.0. The van der Waals surface area contributed by atoms with E-state index in [1.165, 1.54) is 19.1 Å². The molecular weight excluding hydrogens is 392 g/mol. The Hall–Kier alpha value is -3.32. The normalized spacial score (nSPS) is 11.7. The van der Waals surface area contributed by atoms with Crippen molar-refractivity contribution in [1.29, 1.82) is 0 Å². The van der Waals surface area contributed by atoms with E-state index in [1.807, 2.05) is 25.1 Å². The third kappa shape index (κ3) is 3.45. The summed E-state index contributed by atoms with van der Waals surface area (Å²) in [5, 5.41) is 0.833. The summed E-state index contributed by atoms with van der Waals surface area (Å²) in [5.41, 5.74) is 1.28. The highest BCUT2D eigenvalue weighted by Crippen LogP contribution is 2.35. The highest BCUT2D eigenvalue weighted by Gasteiger charge is 2.25. The molecule has 0 saturated heterocycles. The summed E-state index contributed by atoms with van der Waals surface area (Å²) in [6.45, 7) is 4.94. The van der Waals surface area contributed by atoms with E-state index in [0.717, 1.165) is 10.9 Å². The van der Waals surface area contributed by atoms with Gasteiger partial charge in [0.15, 0.2) is 17.3 Å². The van der Waals surface area contributed by atoms with E-state index in [9.17, 15) is 13.2 Å². The lowest BCUT2D eigenvalue weighted by Gasteiger charge is -2.13. The predicted octanol–water partition coefficient (Wildman–Crippen LogP) is 4.75. The van der Waals surface area contributed by atoms with Crippen molar-refractivity contribution in [3.63, 3.8) is 0 Å². The monoisotopic (exact) mass is 410 g/mol. The van der Waals surface area contributed by atoms with Crippen molar-refractivity contribution < 1.29 is 21.4 Å². The van der Waals surface area contributed by atoms with Gasteiger partial charge in [-0.05, 0) is 45.0 Å². The molecule has 6 nitrogen and oxygen atoms in total. The predicted molar refractivity (Wildman–Crippen MR) is 109 cm³/mol. The number of hydrogen-bond acceptors (Lipinski definition) is 6. The van der Waals surface area contributed by atoms with E-state index in [1.54, 1.807) is 31.2 Å². The van der Waals surface area contributed by atoms with Crippen molar-refractivity contribution in [3.8, 4) is 17.3 Å². The largest absolute Gasteiger partial charge is 0.453 e. The second kappa shape index (κ2) is 6.93. The van der Waals surface area contributed by atoms with Gasteiger partial charge in [-0.15, -0.1) is 0 Å². The molecule has 7 heteroatoms. The molecule has 4 rings (SSSR count). The van der Waals surface area contributed by atoms with Crippen molar-refractivity contribution in [2.75, 3.05) is 0 Å². The van der Waals surface area contributed by atoms with Crippen LogP contribution >= 0.6 is 0 Å². The van der Waals surface area contributed by atoms with Gasteiger partial charge in [0.25, 0.3) is 0 Å². The standard InChI is InChI=1S/C22H18O6S/c1-13-8-10-17(11-9-13)29(24,25)28-20-14(2)21(27-22(23)15(20)3)19-12-16-6-4-5-7-18(16)26-19/h4-12H,1-3H3. The molecule has 0 fully saturated rings. The van der Waals surface area contributed by atoms with Crippen molar-refractivity contribution >= 4 is 21.1 Å². The van der Waals surface area contributed by atoms with Gasteiger partial charge in [-0.25, -0.2) is 4.79 Å². The Bertz CT molecular complexity index is 1340. The summed E-state index contributed by atoms with van der Waals surface area (Å²) >= 11 is 0. The van der Waals surface area contributed by atoms with Crippen molar-refractivity contribution in [2.45, 2.75) is 25.7 Å². The minimum absolute atomic E-state index is 0.000396. The second-order valence-corrected chi connectivity index (χ2v) is 8.34. The molecule has 0 aliphatic carbocycles. The van der Waals surface area contributed by atoms with Gasteiger partial charge in [-0.2, -0.15) is 8.42 Å². The molecule has 2 aromatic carbocycles. The lowest BCUT2D eigenvalue weighted by molar-refractivity contribution is 0.455. The Labute approximate surface area is 167 Å². The Morgan fingerprint density at radius 2 is 1.55 bits per heavy atom. The third-order valence-corrected chi connectivity index (χ3v) is 5.91. The Morgan fingerprint density at radius 1 is 0.862 bits per heavy atom. The van der Waals surface area contributed by atoms with Crippen LogP contribution in [0.4, 0.5) is 0 Å². The molecule has 0 bridgehead atoms. The smallest absolute Gasteiger partial charge is 0.343 e. The zero-order valence-electron chi connectivity index (χ0n) is 16.1. The van der Waals surface area contributed by atoms with Crippen LogP contribution in [0.5, 0.6) is 5.75 Å². The summed E-state index contributed by atoms with van der Waals surface area (Å²) in [5.74, 6) is 0.390. The maximum Gasteiger partial charge on any atom is 0.343 e. The van der Waals surface area contributed by atoms with E-state index in [-0.39, 0.29) is 22.0 Å². The van der Waals surface area contributed by atoms with Crippen LogP contribution in [0.3, 0.4) is 0 Å². The highest BCUT2D eigenvalue weighted by atomic mass is 32.2. The van der Waals surface area contributed by atoms with Gasteiger partial charge >= 0.3 is 15.7 Å². The Balaban J connectivity index is 1.84. The molecule has 0 radical (unpaired) electrons. The maximum atomic E-state index is 12.7. The lowest BCUT2D eigenvalue weighted by atomic mass is 10.1. The van der Waals surface area contributed by atoms with Crippen LogP contribution in [0.25, 0.3) is 22.5 Å². The van der Waals surface area contributed by atoms with Gasteiger partial charge in [-0.3, -0.25) is 0 Å². The van der Waals surface area contributed by atoms with Gasteiger partial charge in [-0.1, -0.05) is 35.9 Å². The molecular formula is C22H18O6S. The number of para-hydroxylation sites is 1. The van der Waals surface area contributed by atoms with E-state index < -0.39 is 15.7 Å². The highest BCUT2D eigenvalue weighted by molar-refractivity contribution is 7.87. The van der Waals surface area contributed by atoms with Crippen LogP contribution in [-0.4, -0.2) is 8.42 Å². The zero-order valence-corrected chi connectivity index (χ0v) is 16.9. The number of rotatable bonds is 4.